The monoisotopic (exact) mass is 412 g/mol. The van der Waals surface area contributed by atoms with E-state index in [0.29, 0.717) is 10.7 Å². The number of methoxy groups -OCH3 is 1. The second-order valence-corrected chi connectivity index (χ2v) is 7.60. The van der Waals surface area contributed by atoms with Crippen LogP contribution in [0, 0.1) is 0 Å². The fraction of sp³-hybridized carbons (Fsp3) is 0.176. The van der Waals surface area contributed by atoms with Crippen LogP contribution < -0.4 is 14.8 Å². The number of carbonyl (C=O) groups excluding carboxylic acids is 1. The quantitative estimate of drug-likeness (QED) is 0.641. The number of rotatable bonds is 7. The van der Waals surface area contributed by atoms with Crippen LogP contribution in [0.3, 0.4) is 0 Å². The van der Waals surface area contributed by atoms with E-state index in [1.807, 2.05) is 4.72 Å². The number of amides is 1. The van der Waals surface area contributed by atoms with Crippen LogP contribution in [0.15, 0.2) is 47.4 Å². The largest absolute Gasteiger partial charge is 0.496 e. The molecule has 0 aliphatic rings. The molecule has 0 saturated carbocycles. The Balaban J connectivity index is 2.39. The highest BCUT2D eigenvalue weighted by Gasteiger charge is 2.24. The van der Waals surface area contributed by atoms with E-state index in [4.69, 9.17) is 21.4 Å². The zero-order chi connectivity index (χ0) is 20.2. The van der Waals surface area contributed by atoms with E-state index in [1.54, 1.807) is 24.3 Å². The molecule has 144 valence electrons. The third-order valence-electron chi connectivity index (χ3n) is 3.55. The number of carboxylic acid groups (broad SMARTS) is 1. The minimum atomic E-state index is -4.16. The number of hydrogen-bond donors (Lipinski definition) is 3. The van der Waals surface area contributed by atoms with E-state index < -0.39 is 27.9 Å². The van der Waals surface area contributed by atoms with Crippen molar-refractivity contribution in [2.24, 2.45) is 0 Å². The summed E-state index contributed by atoms with van der Waals surface area (Å²) in [5.74, 6) is -1.82. The van der Waals surface area contributed by atoms with Gasteiger partial charge in [-0.2, -0.15) is 4.72 Å². The van der Waals surface area contributed by atoms with Crippen molar-refractivity contribution in [1.29, 1.82) is 0 Å². The van der Waals surface area contributed by atoms with Gasteiger partial charge >= 0.3 is 5.97 Å². The van der Waals surface area contributed by atoms with Crippen molar-refractivity contribution in [2.75, 3.05) is 12.4 Å². The van der Waals surface area contributed by atoms with E-state index in [-0.39, 0.29) is 16.2 Å². The molecule has 1 atom stereocenters. The number of aliphatic carboxylic acids is 1. The van der Waals surface area contributed by atoms with Crippen LogP contribution >= 0.6 is 11.6 Å². The van der Waals surface area contributed by atoms with Gasteiger partial charge in [0.1, 0.15) is 11.8 Å². The van der Waals surface area contributed by atoms with Gasteiger partial charge in [0.05, 0.1) is 28.3 Å². The molecule has 0 aliphatic heterocycles. The first-order valence-corrected chi connectivity index (χ1v) is 9.51. The number of hydrogen-bond acceptors (Lipinski definition) is 5. The number of nitrogens with one attached hydrogen (secondary N) is 2. The Morgan fingerprint density at radius 3 is 2.44 bits per heavy atom. The van der Waals surface area contributed by atoms with Crippen molar-refractivity contribution >= 4 is 39.2 Å². The Bertz CT molecular complexity index is 977. The zero-order valence-corrected chi connectivity index (χ0v) is 16.0. The second kappa shape index (κ2) is 8.38. The Hall–Kier alpha value is -2.62. The van der Waals surface area contributed by atoms with Gasteiger partial charge in [0, 0.05) is 0 Å². The van der Waals surface area contributed by atoms with Gasteiger partial charge in [0.2, 0.25) is 10.0 Å². The van der Waals surface area contributed by atoms with Gasteiger partial charge in [0.25, 0.3) is 5.91 Å². The summed E-state index contributed by atoms with van der Waals surface area (Å²) in [5.41, 5.74) is 0.292. The lowest BCUT2D eigenvalue weighted by molar-refractivity contribution is -0.138. The number of sulfonamides is 1. The number of carboxylic acids is 1. The zero-order valence-electron chi connectivity index (χ0n) is 14.4. The summed E-state index contributed by atoms with van der Waals surface area (Å²) in [7, 11) is -2.83. The van der Waals surface area contributed by atoms with E-state index in [2.05, 4.69) is 5.32 Å². The maximum absolute atomic E-state index is 12.6. The van der Waals surface area contributed by atoms with E-state index in [0.717, 1.165) is 6.07 Å². The molecule has 0 bridgehead atoms. The summed E-state index contributed by atoms with van der Waals surface area (Å²) in [4.78, 5) is 23.2. The fourth-order valence-electron chi connectivity index (χ4n) is 2.14. The van der Waals surface area contributed by atoms with Crippen LogP contribution in [-0.4, -0.2) is 38.6 Å². The topological polar surface area (TPSA) is 122 Å². The number of benzene rings is 2. The normalized spacial score (nSPS) is 12.3. The van der Waals surface area contributed by atoms with Crippen molar-refractivity contribution in [3.8, 4) is 5.75 Å². The molecule has 0 heterocycles. The van der Waals surface area contributed by atoms with Crippen molar-refractivity contribution in [3.63, 3.8) is 0 Å². The second-order valence-electron chi connectivity index (χ2n) is 5.48. The van der Waals surface area contributed by atoms with Crippen LogP contribution in [0.25, 0.3) is 0 Å². The summed E-state index contributed by atoms with van der Waals surface area (Å²) in [6, 6.07) is 8.83. The van der Waals surface area contributed by atoms with Crippen LogP contribution in [0.2, 0.25) is 5.02 Å². The number of carbonyl (C=O) groups is 2. The van der Waals surface area contributed by atoms with Crippen LogP contribution in [0.1, 0.15) is 17.3 Å². The minimum Gasteiger partial charge on any atom is -0.496 e. The van der Waals surface area contributed by atoms with Gasteiger partial charge in [0.15, 0.2) is 0 Å². The van der Waals surface area contributed by atoms with Gasteiger partial charge in [-0.1, -0.05) is 23.7 Å². The average molecular weight is 413 g/mol. The first-order chi connectivity index (χ1) is 12.7. The molecule has 2 aromatic rings. The van der Waals surface area contributed by atoms with Crippen molar-refractivity contribution in [1.82, 2.24) is 4.72 Å². The van der Waals surface area contributed by atoms with E-state index >= 15 is 0 Å². The molecule has 1 amide bonds. The maximum Gasteiger partial charge on any atom is 0.321 e. The molecule has 2 rings (SSSR count). The molecule has 8 nitrogen and oxygen atoms in total. The number of halogens is 1. The average Bonchev–Trinajstić information content (AvgIpc) is 2.62. The van der Waals surface area contributed by atoms with Gasteiger partial charge in [-0.15, -0.1) is 0 Å². The fourth-order valence-corrected chi connectivity index (χ4v) is 3.54. The predicted molar refractivity (Wildman–Crippen MR) is 99.8 cm³/mol. The Morgan fingerprint density at radius 2 is 1.85 bits per heavy atom. The molecule has 0 unspecified atom stereocenters. The minimum absolute atomic E-state index is 0.0525. The molecule has 0 fully saturated rings. The van der Waals surface area contributed by atoms with E-state index in [1.165, 1.54) is 26.2 Å². The third kappa shape index (κ3) is 4.97. The molecule has 2 aromatic carbocycles. The van der Waals surface area contributed by atoms with Gasteiger partial charge < -0.3 is 15.2 Å². The smallest absolute Gasteiger partial charge is 0.321 e. The number of ether oxygens (including phenoxy) is 1. The highest BCUT2D eigenvalue weighted by molar-refractivity contribution is 7.89. The highest BCUT2D eigenvalue weighted by atomic mass is 35.5. The summed E-state index contributed by atoms with van der Waals surface area (Å²) in [5, 5.41) is 11.8. The highest BCUT2D eigenvalue weighted by Crippen LogP contribution is 2.26. The van der Waals surface area contributed by atoms with Crippen molar-refractivity contribution in [2.45, 2.75) is 17.9 Å². The van der Waals surface area contributed by atoms with Crippen molar-refractivity contribution < 1.29 is 27.9 Å². The molecule has 10 heteroatoms. The first-order valence-electron chi connectivity index (χ1n) is 7.64. The first kappa shape index (κ1) is 20.7. The summed E-state index contributed by atoms with van der Waals surface area (Å²) < 4.78 is 31.9. The number of para-hydroxylation sites is 1. The molecule has 0 radical (unpaired) electrons. The lowest BCUT2D eigenvalue weighted by Crippen LogP contribution is -2.38. The third-order valence-corrected chi connectivity index (χ3v) is 5.42. The molecule has 0 saturated heterocycles. The Kier molecular flexibility index (Phi) is 6.42. The molecule has 27 heavy (non-hydrogen) atoms. The summed E-state index contributed by atoms with van der Waals surface area (Å²) in [6.45, 7) is 1.19. The lowest BCUT2D eigenvalue weighted by Gasteiger charge is -2.14. The van der Waals surface area contributed by atoms with Crippen LogP contribution in [0.4, 0.5) is 5.69 Å². The molecular weight excluding hydrogens is 396 g/mol. The Morgan fingerprint density at radius 1 is 1.19 bits per heavy atom. The lowest BCUT2D eigenvalue weighted by atomic mass is 10.2. The molecule has 3 N–H and O–H groups in total. The van der Waals surface area contributed by atoms with Crippen LogP contribution in [0.5, 0.6) is 5.75 Å². The standard InChI is InChI=1S/C17H17ClN2O6S/c1-10(17(22)23)20-27(24,25)11-7-8-15(26-2)12(9-11)16(21)19-14-6-4-3-5-13(14)18/h3-10,20H,1-2H3,(H,19,21)(H,22,23)/t10-/m1/s1. The summed E-state index contributed by atoms with van der Waals surface area (Å²) >= 11 is 6.01. The van der Waals surface area contributed by atoms with Crippen molar-refractivity contribution in [3.05, 3.63) is 53.1 Å². The van der Waals surface area contributed by atoms with Gasteiger partial charge in [-0.3, -0.25) is 9.59 Å². The number of anilines is 1. The predicted octanol–water partition coefficient (Wildman–Crippen LogP) is 2.35. The summed E-state index contributed by atoms with van der Waals surface area (Å²) in [6.07, 6.45) is 0. The Labute approximate surface area is 161 Å². The van der Waals surface area contributed by atoms with Gasteiger partial charge in [-0.25, -0.2) is 8.42 Å². The van der Waals surface area contributed by atoms with Crippen LogP contribution in [-0.2, 0) is 14.8 Å². The molecule has 0 aliphatic carbocycles. The molecule has 0 aromatic heterocycles. The molecular formula is C17H17ClN2O6S. The van der Waals surface area contributed by atoms with E-state index in [9.17, 15) is 18.0 Å². The SMILES string of the molecule is COc1ccc(S(=O)(=O)N[C@H](C)C(=O)O)cc1C(=O)Nc1ccccc1Cl. The molecule has 0 spiro atoms. The maximum atomic E-state index is 12.6. The van der Waals surface area contributed by atoms with Gasteiger partial charge in [-0.05, 0) is 37.3 Å².